The van der Waals surface area contributed by atoms with Crippen LogP contribution < -0.4 is 5.32 Å². The summed E-state index contributed by atoms with van der Waals surface area (Å²) in [5.74, 6) is -0.0944. The zero-order valence-electron chi connectivity index (χ0n) is 5.50. The number of aromatic nitrogens is 2. The van der Waals surface area contributed by atoms with Crippen LogP contribution in [0.15, 0.2) is 10.8 Å². The fourth-order valence-corrected chi connectivity index (χ4v) is 0.476. The van der Waals surface area contributed by atoms with Crippen LogP contribution in [0.5, 0.6) is 0 Å². The number of carbonyl (C=O) groups excluding carboxylic acids is 1. The van der Waals surface area contributed by atoms with Crippen molar-refractivity contribution in [1.29, 1.82) is 0 Å². The first-order valence-corrected chi connectivity index (χ1v) is 2.79. The number of carbonyl (C=O) groups is 1. The van der Waals surface area contributed by atoms with Crippen LogP contribution in [0.4, 0.5) is 0 Å². The summed E-state index contributed by atoms with van der Waals surface area (Å²) in [6.07, 6.45) is 1.38. The number of hydrogen-bond acceptors (Lipinski definition) is 4. The van der Waals surface area contributed by atoms with Gasteiger partial charge in [-0.15, -0.1) is 5.10 Å². The van der Waals surface area contributed by atoms with Gasteiger partial charge < -0.3 is 9.84 Å². The van der Waals surface area contributed by atoms with E-state index < -0.39 is 0 Å². The molecule has 1 heterocycles. The number of hydrogen-bond donors (Lipinski definition) is 1. The third kappa shape index (κ3) is 1.85. The molecule has 0 saturated heterocycles. The van der Waals surface area contributed by atoms with Gasteiger partial charge in [-0.3, -0.25) is 4.79 Å². The van der Waals surface area contributed by atoms with Crippen LogP contribution in [-0.4, -0.2) is 16.3 Å². The average Bonchev–Trinajstić information content (AvgIpc) is 2.34. The van der Waals surface area contributed by atoms with Crippen LogP contribution in [0, 0.1) is 0 Å². The molecule has 0 atom stereocenters. The summed E-state index contributed by atoms with van der Waals surface area (Å²) in [6.45, 7) is 1.81. The van der Waals surface area contributed by atoms with Gasteiger partial charge in [-0.25, -0.2) is 0 Å². The van der Waals surface area contributed by atoms with Crippen molar-refractivity contribution in [1.82, 2.24) is 15.7 Å². The normalized spacial score (nSPS) is 9.30. The van der Waals surface area contributed by atoms with Crippen LogP contribution in [0.3, 0.4) is 0 Å². The Morgan fingerprint density at radius 3 is 3.20 bits per heavy atom. The summed E-state index contributed by atoms with van der Waals surface area (Å²) in [4.78, 5) is 10.3. The van der Waals surface area contributed by atoms with Gasteiger partial charge in [0.05, 0.1) is 6.54 Å². The lowest BCUT2D eigenvalue weighted by Crippen LogP contribution is -2.18. The molecule has 0 bridgehead atoms. The third-order valence-electron chi connectivity index (χ3n) is 0.924. The number of amides is 1. The number of nitrogens with zero attached hydrogens (tertiary/aromatic N) is 2. The van der Waals surface area contributed by atoms with Crippen molar-refractivity contribution in [3.05, 3.63) is 12.0 Å². The topological polar surface area (TPSA) is 68.0 Å². The van der Waals surface area contributed by atoms with Gasteiger partial charge in [0, 0.05) is 12.2 Å². The molecule has 5 nitrogen and oxygen atoms in total. The predicted molar refractivity (Wildman–Crippen MR) is 31.8 cm³/mol. The minimum Gasteiger partial charge on any atom is -0.350 e. The van der Waals surface area contributed by atoms with Gasteiger partial charge >= 0.3 is 0 Å². The highest BCUT2D eigenvalue weighted by Crippen LogP contribution is 1.88. The molecular formula is C5H7N3O2. The zero-order valence-corrected chi connectivity index (χ0v) is 5.50. The van der Waals surface area contributed by atoms with Gasteiger partial charge in [-0.1, -0.05) is 0 Å². The highest BCUT2D eigenvalue weighted by Gasteiger charge is 1.96. The fourth-order valence-electron chi connectivity index (χ4n) is 0.476. The molecule has 54 valence electrons. The van der Waals surface area contributed by atoms with Crippen molar-refractivity contribution in [2.45, 2.75) is 13.5 Å². The first-order chi connectivity index (χ1) is 4.79. The van der Waals surface area contributed by atoms with E-state index in [9.17, 15) is 4.79 Å². The lowest BCUT2D eigenvalue weighted by atomic mass is 10.5. The fraction of sp³-hybridized carbons (Fsp3) is 0.400. The summed E-state index contributed by atoms with van der Waals surface area (Å²) in [7, 11) is 0. The van der Waals surface area contributed by atoms with Crippen LogP contribution in [0.2, 0.25) is 0 Å². The minimum absolute atomic E-state index is 0.0944. The standard InChI is InChI=1S/C5H7N3O2/c1-4(9)6-2-5-3-10-8-7-5/h3H,2H2,1H3,(H,6,9). The van der Waals surface area contributed by atoms with E-state index in [-0.39, 0.29) is 5.91 Å². The molecule has 1 N–H and O–H groups in total. The van der Waals surface area contributed by atoms with Crippen molar-refractivity contribution in [3.63, 3.8) is 0 Å². The number of nitrogens with one attached hydrogen (secondary N) is 1. The van der Waals surface area contributed by atoms with Crippen molar-refractivity contribution in [2.24, 2.45) is 0 Å². The SMILES string of the molecule is CC(=O)NCc1conn1. The molecule has 0 aromatic carbocycles. The second-order valence-electron chi connectivity index (χ2n) is 1.81. The molecular weight excluding hydrogens is 134 g/mol. The van der Waals surface area contributed by atoms with Crippen molar-refractivity contribution < 1.29 is 9.32 Å². The molecule has 0 aliphatic heterocycles. The smallest absolute Gasteiger partial charge is 0.217 e. The molecule has 0 aliphatic carbocycles. The summed E-state index contributed by atoms with van der Waals surface area (Å²) in [5, 5.41) is 9.33. The first-order valence-electron chi connectivity index (χ1n) is 2.79. The zero-order chi connectivity index (χ0) is 7.40. The second kappa shape index (κ2) is 2.95. The molecule has 5 heteroatoms. The molecule has 0 aliphatic rings. The predicted octanol–water partition coefficient (Wildman–Crippen LogP) is -0.294. The molecule has 0 saturated carbocycles. The van der Waals surface area contributed by atoms with E-state index in [1.54, 1.807) is 0 Å². The maximum atomic E-state index is 10.3. The van der Waals surface area contributed by atoms with Gasteiger partial charge in [-0.05, 0) is 0 Å². The van der Waals surface area contributed by atoms with E-state index in [1.165, 1.54) is 13.2 Å². The van der Waals surface area contributed by atoms with Crippen LogP contribution in [0.25, 0.3) is 0 Å². The summed E-state index contributed by atoms with van der Waals surface area (Å²) < 4.78 is 4.43. The molecule has 10 heavy (non-hydrogen) atoms. The quantitative estimate of drug-likeness (QED) is 0.614. The van der Waals surface area contributed by atoms with Gasteiger partial charge in [0.2, 0.25) is 5.91 Å². The Morgan fingerprint density at radius 2 is 2.70 bits per heavy atom. The highest BCUT2D eigenvalue weighted by atomic mass is 16.5. The Hall–Kier alpha value is -1.39. The average molecular weight is 141 g/mol. The van der Waals surface area contributed by atoms with Gasteiger partial charge in [-0.2, -0.15) is 0 Å². The molecule has 0 fully saturated rings. The summed E-state index contributed by atoms with van der Waals surface area (Å²) in [5.41, 5.74) is 0.621. The molecule has 1 aromatic rings. The summed E-state index contributed by atoms with van der Waals surface area (Å²) >= 11 is 0. The van der Waals surface area contributed by atoms with E-state index in [0.29, 0.717) is 12.2 Å². The Labute approximate surface area is 57.4 Å². The first kappa shape index (κ1) is 6.73. The van der Waals surface area contributed by atoms with Crippen molar-refractivity contribution in [3.8, 4) is 0 Å². The maximum absolute atomic E-state index is 10.3. The Kier molecular flexibility index (Phi) is 1.99. The number of rotatable bonds is 2. The van der Waals surface area contributed by atoms with Crippen LogP contribution >= 0.6 is 0 Å². The lowest BCUT2D eigenvalue weighted by molar-refractivity contribution is -0.119. The molecule has 1 aromatic heterocycles. The second-order valence-corrected chi connectivity index (χ2v) is 1.81. The third-order valence-corrected chi connectivity index (χ3v) is 0.924. The Balaban J connectivity index is 2.35. The van der Waals surface area contributed by atoms with E-state index in [0.717, 1.165) is 0 Å². The van der Waals surface area contributed by atoms with Crippen molar-refractivity contribution in [2.75, 3.05) is 0 Å². The maximum Gasteiger partial charge on any atom is 0.217 e. The molecule has 0 unspecified atom stereocenters. The minimum atomic E-state index is -0.0944. The molecule has 0 radical (unpaired) electrons. The Bertz CT molecular complexity index is 207. The molecule has 1 rings (SSSR count). The highest BCUT2D eigenvalue weighted by molar-refractivity contribution is 5.72. The monoisotopic (exact) mass is 141 g/mol. The van der Waals surface area contributed by atoms with E-state index in [2.05, 4.69) is 20.2 Å². The Morgan fingerprint density at radius 1 is 1.90 bits per heavy atom. The largest absolute Gasteiger partial charge is 0.350 e. The van der Waals surface area contributed by atoms with Gasteiger partial charge in [0.15, 0.2) is 0 Å². The van der Waals surface area contributed by atoms with Crippen molar-refractivity contribution >= 4 is 5.91 Å². The van der Waals surface area contributed by atoms with Gasteiger partial charge in [0.25, 0.3) is 0 Å². The lowest BCUT2D eigenvalue weighted by Gasteiger charge is -1.93. The molecule has 1 amide bonds. The van der Waals surface area contributed by atoms with E-state index >= 15 is 0 Å². The van der Waals surface area contributed by atoms with Gasteiger partial charge in [0.1, 0.15) is 12.0 Å². The summed E-state index contributed by atoms with van der Waals surface area (Å²) in [6, 6.07) is 0. The van der Waals surface area contributed by atoms with Crippen LogP contribution in [0.1, 0.15) is 12.6 Å². The van der Waals surface area contributed by atoms with E-state index in [4.69, 9.17) is 0 Å². The van der Waals surface area contributed by atoms with Crippen LogP contribution in [-0.2, 0) is 11.3 Å². The molecule has 0 spiro atoms. The van der Waals surface area contributed by atoms with E-state index in [1.807, 2.05) is 0 Å².